The monoisotopic (exact) mass is 506 g/mol. The van der Waals surface area contributed by atoms with Gasteiger partial charge >= 0.3 is 5.97 Å². The number of halogens is 1. The van der Waals surface area contributed by atoms with Gasteiger partial charge in [0.25, 0.3) is 10.0 Å². The van der Waals surface area contributed by atoms with Gasteiger partial charge in [0, 0.05) is 6.92 Å². The van der Waals surface area contributed by atoms with E-state index in [1.807, 2.05) is 6.92 Å². The zero-order valence-corrected chi connectivity index (χ0v) is 21.3. The van der Waals surface area contributed by atoms with Gasteiger partial charge in [-0.2, -0.15) is 0 Å². The molecule has 0 saturated heterocycles. The topological polar surface area (TPSA) is 102 Å². The zero-order valence-electron chi connectivity index (χ0n) is 20.5. The molecule has 1 aliphatic heterocycles. The summed E-state index contributed by atoms with van der Waals surface area (Å²) in [5, 5.41) is 2.69. The summed E-state index contributed by atoms with van der Waals surface area (Å²) < 4.78 is 53.9. The first-order valence-corrected chi connectivity index (χ1v) is 12.8. The molecular formula is C25H31FN2O6S. The van der Waals surface area contributed by atoms with Crippen LogP contribution in [0.1, 0.15) is 46.6 Å². The van der Waals surface area contributed by atoms with Gasteiger partial charge in [-0.05, 0) is 69.2 Å². The number of carbonyl (C=O) groups is 2. The molecule has 0 spiro atoms. The van der Waals surface area contributed by atoms with Crippen molar-refractivity contribution in [3.63, 3.8) is 0 Å². The number of anilines is 1. The number of benzene rings is 2. The summed E-state index contributed by atoms with van der Waals surface area (Å²) in [6.07, 6.45) is -0.343. The number of rotatable bonds is 7. The van der Waals surface area contributed by atoms with Crippen LogP contribution in [0.15, 0.2) is 47.4 Å². The lowest BCUT2D eigenvalue weighted by molar-refractivity contribution is -0.153. The van der Waals surface area contributed by atoms with Crippen LogP contribution >= 0.6 is 0 Å². The van der Waals surface area contributed by atoms with Crippen molar-refractivity contribution in [1.82, 2.24) is 5.32 Å². The number of nitrogens with one attached hydrogen (secondary N) is 1. The van der Waals surface area contributed by atoms with Gasteiger partial charge in [-0.1, -0.05) is 13.0 Å². The van der Waals surface area contributed by atoms with E-state index >= 15 is 0 Å². The number of hydrogen-bond donors (Lipinski definition) is 1. The van der Waals surface area contributed by atoms with Gasteiger partial charge in [0.15, 0.2) is 0 Å². The summed E-state index contributed by atoms with van der Waals surface area (Å²) in [5.74, 6) is -0.974. The van der Waals surface area contributed by atoms with Gasteiger partial charge in [-0.25, -0.2) is 12.8 Å². The Morgan fingerprint density at radius 1 is 1.14 bits per heavy atom. The molecule has 0 aliphatic carbocycles. The molecule has 2 aromatic rings. The fourth-order valence-corrected chi connectivity index (χ4v) is 5.69. The smallest absolute Gasteiger partial charge is 0.310 e. The Balaban J connectivity index is 2.08. The molecule has 2 aromatic carbocycles. The lowest BCUT2D eigenvalue weighted by Crippen LogP contribution is -2.55. The summed E-state index contributed by atoms with van der Waals surface area (Å²) >= 11 is 0. The predicted molar refractivity (Wildman–Crippen MR) is 129 cm³/mol. The van der Waals surface area contributed by atoms with Crippen LogP contribution < -0.4 is 14.4 Å². The molecule has 1 amide bonds. The van der Waals surface area contributed by atoms with Gasteiger partial charge in [-0.15, -0.1) is 0 Å². The van der Waals surface area contributed by atoms with Gasteiger partial charge < -0.3 is 14.8 Å². The zero-order chi connectivity index (χ0) is 26.0. The Hall–Kier alpha value is -3.14. The first-order chi connectivity index (χ1) is 16.3. The maximum absolute atomic E-state index is 13.8. The van der Waals surface area contributed by atoms with E-state index in [0.29, 0.717) is 17.7 Å². The summed E-state index contributed by atoms with van der Waals surface area (Å²) in [5.41, 5.74) is 0.161. The van der Waals surface area contributed by atoms with Crippen molar-refractivity contribution in [2.45, 2.75) is 70.1 Å². The minimum atomic E-state index is -4.14. The van der Waals surface area contributed by atoms with Crippen LogP contribution in [0.2, 0.25) is 0 Å². The highest BCUT2D eigenvalue weighted by Crippen LogP contribution is 2.41. The molecule has 10 heteroatoms. The third-order valence-electron chi connectivity index (χ3n) is 5.38. The second kappa shape index (κ2) is 10.2. The van der Waals surface area contributed by atoms with E-state index in [1.54, 1.807) is 39.0 Å². The van der Waals surface area contributed by atoms with Crippen molar-refractivity contribution < 1.29 is 31.9 Å². The number of esters is 1. The number of nitrogens with zero attached hydrogens (tertiary/aromatic N) is 1. The largest absolute Gasteiger partial charge is 0.484 e. The molecular weight excluding hydrogens is 475 g/mol. The maximum Gasteiger partial charge on any atom is 0.310 e. The number of hydrogen-bond acceptors (Lipinski definition) is 6. The van der Waals surface area contributed by atoms with Crippen LogP contribution in [0, 0.1) is 5.82 Å². The second-order valence-electron chi connectivity index (χ2n) is 9.39. The van der Waals surface area contributed by atoms with Crippen molar-refractivity contribution in [2.24, 2.45) is 0 Å². The molecule has 3 rings (SSSR count). The molecule has 1 aliphatic rings. The molecule has 0 bridgehead atoms. The second-order valence-corrected chi connectivity index (χ2v) is 11.2. The van der Waals surface area contributed by atoms with Crippen LogP contribution in [-0.2, 0) is 30.8 Å². The van der Waals surface area contributed by atoms with Gasteiger partial charge in [0.05, 0.1) is 29.6 Å². The molecule has 2 atom stereocenters. The molecule has 8 nitrogen and oxygen atoms in total. The number of fused-ring (bicyclic) bond motifs is 1. The van der Waals surface area contributed by atoms with Crippen molar-refractivity contribution in [3.8, 4) is 5.75 Å². The van der Waals surface area contributed by atoms with Crippen molar-refractivity contribution >= 4 is 27.6 Å². The van der Waals surface area contributed by atoms with E-state index < -0.39 is 39.6 Å². The van der Waals surface area contributed by atoms with Crippen LogP contribution in [0.25, 0.3) is 0 Å². The molecule has 1 N–H and O–H groups in total. The molecule has 0 fully saturated rings. The average molecular weight is 507 g/mol. The summed E-state index contributed by atoms with van der Waals surface area (Å²) in [6.45, 7) is 8.59. The van der Waals surface area contributed by atoms with Crippen LogP contribution in [0.5, 0.6) is 5.75 Å². The van der Waals surface area contributed by atoms with E-state index in [0.717, 1.165) is 12.1 Å². The fraction of sp³-hybridized carbons (Fsp3) is 0.440. The normalized spacial score (nSPS) is 17.8. The van der Waals surface area contributed by atoms with Gasteiger partial charge in [0.1, 0.15) is 23.3 Å². The van der Waals surface area contributed by atoms with E-state index in [2.05, 4.69) is 5.32 Å². The molecule has 1 heterocycles. The lowest BCUT2D eigenvalue weighted by atomic mass is 10.0. The van der Waals surface area contributed by atoms with Crippen molar-refractivity contribution in [2.75, 3.05) is 10.8 Å². The standard InChI is InChI=1S/C25H31FN2O6S/c1-6-20-23(15-27-16(2)29)33-22-12-7-17(14-24(30)34-25(3,4)5)13-21(22)28(20)35(31,32)19-10-8-18(26)9-11-19/h7-13,20,23H,6,14-15H2,1-5H3,(H,27,29)/t20-,23+/m0/s1. The van der Waals surface area contributed by atoms with E-state index in [4.69, 9.17) is 9.47 Å². The summed E-state index contributed by atoms with van der Waals surface area (Å²) in [7, 11) is -4.14. The predicted octanol–water partition coefficient (Wildman–Crippen LogP) is 3.58. The Kier molecular flexibility index (Phi) is 7.74. The minimum absolute atomic E-state index is 0.0545. The number of amides is 1. The van der Waals surface area contributed by atoms with Crippen LogP contribution in [-0.4, -0.2) is 44.6 Å². The summed E-state index contributed by atoms with van der Waals surface area (Å²) in [4.78, 5) is 23.8. The SMILES string of the molecule is CC[C@H]1[C@@H](CNC(C)=O)Oc2ccc(CC(=O)OC(C)(C)C)cc2N1S(=O)(=O)c1ccc(F)cc1. The molecule has 190 valence electrons. The van der Waals surface area contributed by atoms with E-state index in [-0.39, 0.29) is 29.5 Å². The molecule has 0 saturated carbocycles. The fourth-order valence-electron chi connectivity index (χ4n) is 3.94. The van der Waals surface area contributed by atoms with Crippen molar-refractivity contribution in [3.05, 3.63) is 53.8 Å². The van der Waals surface area contributed by atoms with Gasteiger partial charge in [-0.3, -0.25) is 13.9 Å². The molecule has 0 radical (unpaired) electrons. The highest BCUT2D eigenvalue weighted by molar-refractivity contribution is 7.92. The minimum Gasteiger partial charge on any atom is -0.484 e. The van der Waals surface area contributed by atoms with Crippen LogP contribution in [0.4, 0.5) is 10.1 Å². The first-order valence-electron chi connectivity index (χ1n) is 11.4. The quantitative estimate of drug-likeness (QED) is 0.576. The Morgan fingerprint density at radius 2 is 1.80 bits per heavy atom. The lowest BCUT2D eigenvalue weighted by Gasteiger charge is -2.42. The highest BCUT2D eigenvalue weighted by Gasteiger charge is 2.42. The van der Waals surface area contributed by atoms with Crippen molar-refractivity contribution in [1.29, 1.82) is 0 Å². The molecule has 0 unspecified atom stereocenters. The number of carbonyl (C=O) groups excluding carboxylic acids is 2. The third-order valence-corrected chi connectivity index (χ3v) is 7.23. The molecule has 0 aromatic heterocycles. The number of sulfonamides is 1. The van der Waals surface area contributed by atoms with Gasteiger partial charge in [0.2, 0.25) is 5.91 Å². The Morgan fingerprint density at radius 3 is 2.37 bits per heavy atom. The Labute approximate surface area is 205 Å². The number of ether oxygens (including phenoxy) is 2. The van der Waals surface area contributed by atoms with Crippen LogP contribution in [0.3, 0.4) is 0 Å². The average Bonchev–Trinajstić information content (AvgIpc) is 2.75. The Bertz CT molecular complexity index is 1190. The highest BCUT2D eigenvalue weighted by atomic mass is 32.2. The van der Waals surface area contributed by atoms with E-state index in [9.17, 15) is 22.4 Å². The third kappa shape index (κ3) is 6.30. The van der Waals surface area contributed by atoms with E-state index in [1.165, 1.54) is 23.4 Å². The first kappa shape index (κ1) is 26.5. The maximum atomic E-state index is 13.8. The molecule has 35 heavy (non-hydrogen) atoms. The summed E-state index contributed by atoms with van der Waals surface area (Å²) in [6, 6.07) is 8.80.